The first-order valence-electron chi connectivity index (χ1n) is 13.7. The summed E-state index contributed by atoms with van der Waals surface area (Å²) in [4.78, 5) is 60.3. The number of carboxylic acid groups (broad SMARTS) is 1. The number of aryl methyl sites for hydroxylation is 1. The van der Waals surface area contributed by atoms with Crippen LogP contribution >= 0.6 is 22.7 Å². The van der Waals surface area contributed by atoms with Crippen molar-refractivity contribution in [3.63, 3.8) is 0 Å². The van der Waals surface area contributed by atoms with E-state index < -0.39 is 35.9 Å². The molecule has 220 valence electrons. The van der Waals surface area contributed by atoms with Crippen LogP contribution in [0, 0.1) is 24.7 Å². The van der Waals surface area contributed by atoms with Crippen LogP contribution in [0.15, 0.2) is 10.8 Å². The first-order valence-corrected chi connectivity index (χ1v) is 15.4. The van der Waals surface area contributed by atoms with E-state index in [2.05, 4.69) is 15.3 Å². The molecule has 12 heteroatoms. The minimum atomic E-state index is -0.935. The molecule has 2 amide bonds. The fourth-order valence-electron chi connectivity index (χ4n) is 4.62. The van der Waals surface area contributed by atoms with Gasteiger partial charge in [-0.1, -0.05) is 20.8 Å². The molecular formula is C28H40N4O6S2. The summed E-state index contributed by atoms with van der Waals surface area (Å²) in [5.74, 6) is -1.83. The zero-order chi connectivity index (χ0) is 29.6. The van der Waals surface area contributed by atoms with E-state index in [9.17, 15) is 24.3 Å². The molecule has 1 fully saturated rings. The Kier molecular flexibility index (Phi) is 11.2. The Balaban J connectivity index is 1.75. The Hall–Kier alpha value is -2.86. The number of esters is 1. The molecule has 3 rings (SSSR count). The maximum atomic E-state index is 13.2. The molecule has 2 aromatic heterocycles. The van der Waals surface area contributed by atoms with Crippen molar-refractivity contribution in [2.24, 2.45) is 17.8 Å². The van der Waals surface area contributed by atoms with E-state index in [4.69, 9.17) is 4.74 Å². The highest BCUT2D eigenvalue weighted by Gasteiger charge is 2.33. The largest absolute Gasteiger partial charge is 0.481 e. The number of nitrogens with zero attached hydrogens (tertiary/aromatic N) is 3. The van der Waals surface area contributed by atoms with Gasteiger partial charge in [-0.05, 0) is 38.0 Å². The Morgan fingerprint density at radius 3 is 2.38 bits per heavy atom. The van der Waals surface area contributed by atoms with Gasteiger partial charge in [-0.3, -0.25) is 19.2 Å². The summed E-state index contributed by atoms with van der Waals surface area (Å²) < 4.78 is 5.64. The van der Waals surface area contributed by atoms with Gasteiger partial charge in [-0.25, -0.2) is 9.97 Å². The van der Waals surface area contributed by atoms with E-state index in [-0.39, 0.29) is 30.0 Å². The van der Waals surface area contributed by atoms with Crippen molar-refractivity contribution < 1.29 is 29.0 Å². The van der Waals surface area contributed by atoms with Crippen LogP contribution in [-0.4, -0.2) is 62.9 Å². The summed E-state index contributed by atoms with van der Waals surface area (Å²) in [6, 6.07) is -0.629. The molecule has 4 atom stereocenters. The molecule has 2 N–H and O–H groups in total. The molecule has 2 aromatic rings. The van der Waals surface area contributed by atoms with E-state index in [1.807, 2.05) is 26.2 Å². The summed E-state index contributed by atoms with van der Waals surface area (Å²) >= 11 is 2.69. The molecule has 1 aliphatic rings. The molecule has 0 aromatic carbocycles. The van der Waals surface area contributed by atoms with Gasteiger partial charge in [0, 0.05) is 61.8 Å². The topological polar surface area (TPSA) is 139 Å². The van der Waals surface area contributed by atoms with Gasteiger partial charge in [0.25, 0.3) is 5.91 Å². The van der Waals surface area contributed by atoms with Gasteiger partial charge < -0.3 is 20.1 Å². The number of rotatable bonds is 15. The summed E-state index contributed by atoms with van der Waals surface area (Å²) in [5.41, 5.74) is 1.04. The van der Waals surface area contributed by atoms with Crippen LogP contribution in [0.1, 0.15) is 92.1 Å². The molecule has 0 radical (unpaired) electrons. The van der Waals surface area contributed by atoms with Crippen LogP contribution in [0.2, 0.25) is 0 Å². The molecule has 3 unspecified atom stereocenters. The van der Waals surface area contributed by atoms with Crippen molar-refractivity contribution in [3.05, 3.63) is 32.2 Å². The third kappa shape index (κ3) is 9.36. The number of thiazole rings is 2. The molecule has 0 saturated heterocycles. The number of amides is 2. The van der Waals surface area contributed by atoms with Crippen LogP contribution in [0.4, 0.5) is 0 Å². The predicted octanol–water partition coefficient (Wildman–Crippen LogP) is 4.64. The van der Waals surface area contributed by atoms with Crippen molar-refractivity contribution in [2.75, 3.05) is 7.05 Å². The Morgan fingerprint density at radius 1 is 1.12 bits per heavy atom. The first-order chi connectivity index (χ1) is 18.8. The van der Waals surface area contributed by atoms with Gasteiger partial charge in [0.2, 0.25) is 5.91 Å². The maximum absolute atomic E-state index is 13.2. The molecule has 0 spiro atoms. The smallest absolute Gasteiger partial charge is 0.306 e. The number of nitrogens with one attached hydrogen (secondary N) is 1. The Bertz CT molecular complexity index is 1190. The van der Waals surface area contributed by atoms with E-state index in [0.29, 0.717) is 30.2 Å². The Labute approximate surface area is 243 Å². The molecule has 1 saturated carbocycles. The molecule has 0 bridgehead atoms. The molecule has 1 aliphatic carbocycles. The number of ether oxygens (including phenoxy) is 1. The van der Waals surface area contributed by atoms with Crippen LogP contribution < -0.4 is 5.32 Å². The standard InChI is InChI=1S/C28H40N4O6S2/c1-15(2)22(32(6)25(34)10-19-7-8-19)12-23(38-18(5)33)27-31-21(14-40-27)26(35)30-20(9-16(3)28(36)37)11-24-29-17(4)13-39-24/h13-16,19-20,22-23H,7-12H2,1-6H3,(H,30,35)(H,36,37)/t16-,20?,22?,23?/m0/s1. The van der Waals surface area contributed by atoms with Crippen LogP contribution in [-0.2, 0) is 25.5 Å². The molecular weight excluding hydrogens is 552 g/mol. The number of hydrogen-bond acceptors (Lipinski definition) is 9. The molecule has 0 aliphatic heterocycles. The van der Waals surface area contributed by atoms with Crippen molar-refractivity contribution in [2.45, 2.75) is 91.3 Å². The Morgan fingerprint density at radius 2 is 1.82 bits per heavy atom. The maximum Gasteiger partial charge on any atom is 0.306 e. The lowest BCUT2D eigenvalue weighted by molar-refractivity contribution is -0.148. The first kappa shape index (κ1) is 31.7. The third-order valence-corrected chi connectivity index (χ3v) is 9.02. The fourth-order valence-corrected chi connectivity index (χ4v) is 6.31. The van der Waals surface area contributed by atoms with Crippen molar-refractivity contribution >= 4 is 46.4 Å². The van der Waals surface area contributed by atoms with E-state index in [1.54, 1.807) is 24.3 Å². The van der Waals surface area contributed by atoms with Crippen LogP contribution in [0.25, 0.3) is 0 Å². The van der Waals surface area contributed by atoms with Gasteiger partial charge in [-0.15, -0.1) is 22.7 Å². The number of aliphatic carboxylic acids is 1. The third-order valence-electron chi connectivity index (χ3n) is 7.10. The molecule has 40 heavy (non-hydrogen) atoms. The minimum Gasteiger partial charge on any atom is -0.481 e. The predicted molar refractivity (Wildman–Crippen MR) is 153 cm³/mol. The zero-order valence-corrected chi connectivity index (χ0v) is 25.6. The summed E-state index contributed by atoms with van der Waals surface area (Å²) in [6.07, 6.45) is 3.00. The van der Waals surface area contributed by atoms with Crippen LogP contribution in [0.5, 0.6) is 0 Å². The molecule has 10 nitrogen and oxygen atoms in total. The average Bonchev–Trinajstić information content (AvgIpc) is 3.37. The quantitative estimate of drug-likeness (QED) is 0.285. The van der Waals surface area contributed by atoms with E-state index in [1.165, 1.54) is 29.6 Å². The second kappa shape index (κ2) is 14.2. The van der Waals surface area contributed by atoms with Gasteiger partial charge in [0.15, 0.2) is 6.10 Å². The lowest BCUT2D eigenvalue weighted by Gasteiger charge is -2.33. The number of carbonyl (C=O) groups is 4. The lowest BCUT2D eigenvalue weighted by atomic mass is 9.96. The minimum absolute atomic E-state index is 0.0824. The normalized spacial score (nSPS) is 16.2. The zero-order valence-electron chi connectivity index (χ0n) is 24.0. The summed E-state index contributed by atoms with van der Waals surface area (Å²) in [5, 5.41) is 17.2. The van der Waals surface area contributed by atoms with Gasteiger partial charge in [0.05, 0.1) is 10.9 Å². The highest BCUT2D eigenvalue weighted by atomic mass is 32.1. The number of aromatic nitrogens is 2. The summed E-state index contributed by atoms with van der Waals surface area (Å²) in [7, 11) is 1.79. The van der Waals surface area contributed by atoms with Gasteiger partial charge >= 0.3 is 11.9 Å². The summed E-state index contributed by atoms with van der Waals surface area (Å²) in [6.45, 7) is 8.87. The van der Waals surface area contributed by atoms with E-state index >= 15 is 0 Å². The van der Waals surface area contributed by atoms with Gasteiger partial charge in [-0.2, -0.15) is 0 Å². The highest BCUT2D eigenvalue weighted by Crippen LogP contribution is 2.35. The lowest BCUT2D eigenvalue weighted by Crippen LogP contribution is -2.42. The fraction of sp³-hybridized carbons (Fsp3) is 0.643. The SMILES string of the molecule is CC(=O)OC(CC(C(C)C)N(C)C(=O)CC1CC1)c1nc(C(=O)NC(Cc2nc(C)cs2)C[C@H](C)C(=O)O)cs1. The van der Waals surface area contributed by atoms with Crippen molar-refractivity contribution in [1.82, 2.24) is 20.2 Å². The second-order valence-corrected chi connectivity index (χ2v) is 12.9. The highest BCUT2D eigenvalue weighted by molar-refractivity contribution is 7.10. The number of carboxylic acids is 1. The van der Waals surface area contributed by atoms with Crippen LogP contribution in [0.3, 0.4) is 0 Å². The number of carbonyl (C=O) groups excluding carboxylic acids is 3. The van der Waals surface area contributed by atoms with E-state index in [0.717, 1.165) is 23.5 Å². The number of hydrogen-bond donors (Lipinski definition) is 2. The van der Waals surface area contributed by atoms with Crippen molar-refractivity contribution in [1.29, 1.82) is 0 Å². The monoisotopic (exact) mass is 592 g/mol. The average molecular weight is 593 g/mol. The molecule has 2 heterocycles. The van der Waals surface area contributed by atoms with Crippen molar-refractivity contribution in [3.8, 4) is 0 Å². The van der Waals surface area contributed by atoms with Gasteiger partial charge in [0.1, 0.15) is 10.7 Å². The second-order valence-electron chi connectivity index (χ2n) is 11.1.